The predicted molar refractivity (Wildman–Crippen MR) is 121 cm³/mol. The molecule has 9 nitrogen and oxygen atoms in total. The van der Waals surface area contributed by atoms with Crippen molar-refractivity contribution in [2.24, 2.45) is 0 Å². The lowest BCUT2D eigenvalue weighted by Gasteiger charge is -2.34. The van der Waals surface area contributed by atoms with Crippen LogP contribution in [0.1, 0.15) is 23.8 Å². The summed E-state index contributed by atoms with van der Waals surface area (Å²) in [6.07, 6.45) is 3.76. The van der Waals surface area contributed by atoms with Crippen molar-refractivity contribution in [2.45, 2.75) is 18.9 Å². The highest BCUT2D eigenvalue weighted by molar-refractivity contribution is 6.34. The number of aromatic nitrogens is 1. The van der Waals surface area contributed by atoms with Crippen LogP contribution in [0.25, 0.3) is 0 Å². The molecular formula is C22H20Cl2N3O6-. The second-order valence-corrected chi connectivity index (χ2v) is 7.71. The SMILES string of the molecule is COC(=O)NC1(C)C=C(N(C(=O)[O-])c2ccccc2)C=CC1.O=C(O)c1nc(Cl)ccc1Cl. The number of carboxylic acids is 1. The standard InChI is InChI=1S/C16H18N2O4.C6H3Cl2NO2/c1-16(17-14(19)22-2)10-6-9-13(11-16)18(15(20)21)12-7-4-3-5-8-12;7-3-1-2-4(8)9-5(3)6(10)11/h3-9,11H,10H2,1-2H3,(H,17,19)(H,20,21);1-2H,(H,10,11)/p-1. The number of pyridine rings is 1. The van der Waals surface area contributed by atoms with Crippen LogP contribution in [0.3, 0.4) is 0 Å². The summed E-state index contributed by atoms with van der Waals surface area (Å²) in [6, 6.07) is 11.4. The average Bonchev–Trinajstić information content (AvgIpc) is 2.76. The first kappa shape index (κ1) is 25.7. The number of ether oxygens (including phenoxy) is 1. The Morgan fingerprint density at radius 3 is 2.39 bits per heavy atom. The van der Waals surface area contributed by atoms with E-state index in [1.165, 1.54) is 19.2 Å². The van der Waals surface area contributed by atoms with Crippen LogP contribution in [0.4, 0.5) is 15.3 Å². The number of hydrogen-bond acceptors (Lipinski definition) is 6. The Balaban J connectivity index is 0.000000294. The van der Waals surface area contributed by atoms with E-state index < -0.39 is 23.7 Å². The van der Waals surface area contributed by atoms with Gasteiger partial charge >= 0.3 is 12.1 Å². The molecule has 11 heteroatoms. The smallest absolute Gasteiger partial charge is 0.407 e. The van der Waals surface area contributed by atoms with E-state index in [1.807, 2.05) is 0 Å². The zero-order chi connectivity index (χ0) is 24.6. The van der Waals surface area contributed by atoms with Crippen LogP contribution in [-0.2, 0) is 4.74 Å². The van der Waals surface area contributed by atoms with E-state index in [-0.39, 0.29) is 15.9 Å². The number of benzene rings is 1. The molecule has 1 unspecified atom stereocenters. The zero-order valence-corrected chi connectivity index (χ0v) is 19.1. The first-order chi connectivity index (χ1) is 15.6. The minimum absolute atomic E-state index is 0.0851. The molecule has 1 heterocycles. The molecule has 0 bridgehead atoms. The molecule has 2 aromatic rings. The number of carboxylic acid groups (broad SMARTS) is 2. The van der Waals surface area contributed by atoms with Crippen LogP contribution in [0.15, 0.2) is 66.4 Å². The molecule has 1 atom stereocenters. The highest BCUT2D eigenvalue weighted by Crippen LogP contribution is 2.27. The third kappa shape index (κ3) is 7.23. The van der Waals surface area contributed by atoms with E-state index in [9.17, 15) is 19.5 Å². The van der Waals surface area contributed by atoms with Crippen LogP contribution >= 0.6 is 23.2 Å². The lowest BCUT2D eigenvalue weighted by atomic mass is 9.92. The average molecular weight is 493 g/mol. The molecule has 1 aromatic heterocycles. The second kappa shape index (κ2) is 11.3. The van der Waals surface area contributed by atoms with E-state index in [2.05, 4.69) is 15.0 Å². The molecule has 0 spiro atoms. The van der Waals surface area contributed by atoms with Gasteiger partial charge in [-0.05, 0) is 49.8 Å². The predicted octanol–water partition coefficient (Wildman–Crippen LogP) is 3.88. The van der Waals surface area contributed by atoms with Crippen LogP contribution < -0.4 is 15.3 Å². The second-order valence-electron chi connectivity index (χ2n) is 6.92. The van der Waals surface area contributed by atoms with Crippen molar-refractivity contribution in [3.63, 3.8) is 0 Å². The Kier molecular flexibility index (Phi) is 8.84. The fraction of sp³-hybridized carbons (Fsp3) is 0.182. The lowest BCUT2D eigenvalue weighted by Crippen LogP contribution is -2.47. The van der Waals surface area contributed by atoms with Crippen LogP contribution in [0, 0.1) is 0 Å². The summed E-state index contributed by atoms with van der Waals surface area (Å²) in [6.45, 7) is 1.78. The molecule has 33 heavy (non-hydrogen) atoms. The number of nitrogens with one attached hydrogen (secondary N) is 1. The Morgan fingerprint density at radius 2 is 1.85 bits per heavy atom. The topological polar surface area (TPSA) is 132 Å². The Hall–Kier alpha value is -3.56. The van der Waals surface area contributed by atoms with Gasteiger partial charge in [0.15, 0.2) is 5.69 Å². The molecule has 0 saturated heterocycles. The van der Waals surface area contributed by atoms with E-state index in [0.717, 1.165) is 4.90 Å². The number of para-hydroxylation sites is 1. The highest BCUT2D eigenvalue weighted by Gasteiger charge is 2.28. The van der Waals surface area contributed by atoms with Gasteiger partial charge in [-0.1, -0.05) is 47.5 Å². The summed E-state index contributed by atoms with van der Waals surface area (Å²) in [5.41, 5.74) is -0.0733. The van der Waals surface area contributed by atoms with Crippen LogP contribution in [0.2, 0.25) is 10.2 Å². The van der Waals surface area contributed by atoms with Gasteiger partial charge in [-0.3, -0.25) is 4.90 Å². The van der Waals surface area contributed by atoms with Gasteiger partial charge < -0.3 is 25.1 Å². The number of rotatable bonds is 4. The summed E-state index contributed by atoms with van der Waals surface area (Å²) in [7, 11) is 1.28. The number of hydrogen-bond donors (Lipinski definition) is 2. The normalized spacial score (nSPS) is 16.5. The van der Waals surface area contributed by atoms with Crippen molar-refractivity contribution < 1.29 is 29.3 Å². The van der Waals surface area contributed by atoms with Crippen molar-refractivity contribution in [2.75, 3.05) is 12.0 Å². The molecule has 0 radical (unpaired) electrons. The number of methoxy groups -OCH3 is 1. The molecule has 0 fully saturated rings. The third-order valence-electron chi connectivity index (χ3n) is 4.34. The van der Waals surface area contributed by atoms with Crippen molar-refractivity contribution in [1.29, 1.82) is 0 Å². The number of carbonyl (C=O) groups excluding carboxylic acids is 2. The van der Waals surface area contributed by atoms with E-state index >= 15 is 0 Å². The maximum Gasteiger partial charge on any atom is 0.407 e. The van der Waals surface area contributed by atoms with Gasteiger partial charge in [0.1, 0.15) is 11.2 Å². The Morgan fingerprint density at radius 1 is 1.18 bits per heavy atom. The van der Waals surface area contributed by atoms with Crippen molar-refractivity contribution in [3.8, 4) is 0 Å². The molecule has 2 N–H and O–H groups in total. The molecule has 2 amide bonds. The van der Waals surface area contributed by atoms with E-state index in [1.54, 1.807) is 55.5 Å². The molecule has 174 valence electrons. The number of alkyl carbamates (subject to hydrolysis) is 1. The van der Waals surface area contributed by atoms with Crippen molar-refractivity contribution >= 4 is 47.0 Å². The van der Waals surface area contributed by atoms with Crippen molar-refractivity contribution in [1.82, 2.24) is 10.3 Å². The lowest BCUT2D eigenvalue weighted by molar-refractivity contribution is -0.245. The maximum absolute atomic E-state index is 11.5. The van der Waals surface area contributed by atoms with Crippen molar-refractivity contribution in [3.05, 3.63) is 82.3 Å². The zero-order valence-electron chi connectivity index (χ0n) is 17.6. The Labute approximate surface area is 199 Å². The molecule has 1 aliphatic rings. The fourth-order valence-corrected chi connectivity index (χ4v) is 3.21. The maximum atomic E-state index is 11.5. The summed E-state index contributed by atoms with van der Waals surface area (Å²) >= 11 is 10.9. The molecular weight excluding hydrogens is 473 g/mol. The van der Waals surface area contributed by atoms with Gasteiger partial charge in [-0.25, -0.2) is 14.6 Å². The number of amides is 2. The number of allylic oxidation sites excluding steroid dienone is 1. The number of nitrogens with zero attached hydrogens (tertiary/aromatic N) is 2. The van der Waals surface area contributed by atoms with Crippen LogP contribution in [0.5, 0.6) is 0 Å². The third-order valence-corrected chi connectivity index (χ3v) is 4.86. The van der Waals surface area contributed by atoms with Gasteiger partial charge in [-0.2, -0.15) is 0 Å². The molecule has 0 saturated carbocycles. The van der Waals surface area contributed by atoms with E-state index in [4.69, 9.17) is 28.3 Å². The summed E-state index contributed by atoms with van der Waals surface area (Å²) in [4.78, 5) is 37.9. The van der Waals surface area contributed by atoms with Gasteiger partial charge in [-0.15, -0.1) is 0 Å². The van der Waals surface area contributed by atoms with Crippen LogP contribution in [-0.4, -0.2) is 40.9 Å². The monoisotopic (exact) mass is 492 g/mol. The summed E-state index contributed by atoms with van der Waals surface area (Å²) < 4.78 is 4.60. The van der Waals surface area contributed by atoms with Gasteiger partial charge in [0.25, 0.3) is 0 Å². The molecule has 1 aromatic carbocycles. The number of aromatic carboxylic acids is 1. The Bertz CT molecular complexity index is 1090. The minimum atomic E-state index is -1.34. The first-order valence-electron chi connectivity index (χ1n) is 9.43. The summed E-state index contributed by atoms with van der Waals surface area (Å²) in [5, 5.41) is 22.9. The van der Waals surface area contributed by atoms with Gasteiger partial charge in [0.05, 0.1) is 17.7 Å². The number of halogens is 2. The summed E-state index contributed by atoms with van der Waals surface area (Å²) in [5.74, 6) is -1.18. The van der Waals surface area contributed by atoms with E-state index in [0.29, 0.717) is 17.8 Å². The molecule has 0 aliphatic heterocycles. The fourth-order valence-electron chi connectivity index (χ4n) is 2.87. The van der Waals surface area contributed by atoms with Gasteiger partial charge in [0, 0.05) is 11.4 Å². The quantitative estimate of drug-likeness (QED) is 0.618. The molecule has 1 aliphatic carbocycles. The largest absolute Gasteiger partial charge is 0.529 e. The van der Waals surface area contributed by atoms with Gasteiger partial charge in [0.2, 0.25) is 0 Å². The highest BCUT2D eigenvalue weighted by atomic mass is 35.5. The molecule has 3 rings (SSSR count). The number of carbonyl (C=O) groups is 3. The minimum Gasteiger partial charge on any atom is -0.529 e. The first-order valence-corrected chi connectivity index (χ1v) is 10.2. The number of anilines is 1.